The van der Waals surface area contributed by atoms with Gasteiger partial charge in [0.25, 0.3) is 0 Å². The topological polar surface area (TPSA) is 63.6 Å². The highest BCUT2D eigenvalue weighted by molar-refractivity contribution is 14.1. The van der Waals surface area contributed by atoms with E-state index < -0.39 is 5.97 Å². The Hall–Kier alpha value is 0.400. The summed E-state index contributed by atoms with van der Waals surface area (Å²) in [6, 6.07) is 0. The summed E-state index contributed by atoms with van der Waals surface area (Å²) in [6.07, 6.45) is 6.53. The van der Waals surface area contributed by atoms with Crippen molar-refractivity contribution in [3.63, 3.8) is 0 Å². The Morgan fingerprint density at radius 1 is 0.958 bits per heavy atom. The Bertz CT molecular complexity index is 416. The summed E-state index contributed by atoms with van der Waals surface area (Å²) in [5, 5.41) is 8.82. The molecule has 0 aromatic carbocycles. The fourth-order valence-corrected chi connectivity index (χ4v) is 5.28. The lowest BCUT2D eigenvalue weighted by Crippen LogP contribution is -2.31. The van der Waals surface area contributed by atoms with Gasteiger partial charge in [0.2, 0.25) is 0 Å². The van der Waals surface area contributed by atoms with Crippen LogP contribution >= 0.6 is 45.2 Å². The second kappa shape index (κ2) is 11.2. The van der Waals surface area contributed by atoms with E-state index in [4.69, 9.17) is 9.84 Å². The van der Waals surface area contributed by atoms with Crippen LogP contribution in [0.15, 0.2) is 0 Å². The van der Waals surface area contributed by atoms with Crippen molar-refractivity contribution in [2.24, 2.45) is 23.7 Å². The number of carbonyl (C=O) groups excluding carboxylic acids is 1. The molecule has 0 aliphatic heterocycles. The normalized spacial score (nSPS) is 36.2. The lowest BCUT2D eigenvalue weighted by atomic mass is 9.80. The molecule has 6 atom stereocenters. The van der Waals surface area contributed by atoms with Crippen molar-refractivity contribution in [1.82, 2.24) is 0 Å². The minimum absolute atomic E-state index is 0.0105. The molecule has 2 fully saturated rings. The summed E-state index contributed by atoms with van der Waals surface area (Å²) < 4.78 is 6.29. The number of alkyl halides is 2. The summed E-state index contributed by atoms with van der Waals surface area (Å²) >= 11 is 4.79. The van der Waals surface area contributed by atoms with Crippen molar-refractivity contribution in [3.05, 3.63) is 0 Å². The van der Waals surface area contributed by atoms with Crippen LogP contribution in [0.4, 0.5) is 0 Å². The van der Waals surface area contributed by atoms with Crippen molar-refractivity contribution in [3.8, 4) is 0 Å². The Balaban J connectivity index is 0.000000243. The second-order valence-electron chi connectivity index (χ2n) is 7.08. The monoisotopic (exact) mass is 564 g/mol. The van der Waals surface area contributed by atoms with Gasteiger partial charge in [-0.05, 0) is 57.3 Å². The summed E-state index contributed by atoms with van der Waals surface area (Å²) in [5.74, 6) is 0.333. The number of carboxylic acid groups (broad SMARTS) is 1. The average Bonchev–Trinajstić information content (AvgIpc) is 2.52. The van der Waals surface area contributed by atoms with Crippen molar-refractivity contribution in [1.29, 1.82) is 0 Å². The molecule has 2 aliphatic rings. The molecule has 0 spiro atoms. The van der Waals surface area contributed by atoms with Crippen LogP contribution < -0.4 is 0 Å². The molecular weight excluding hydrogens is 534 g/mol. The molecule has 0 bridgehead atoms. The standard InChI is InChI=1S/C10H17IO2.C8H13IO2/c1-3-13-10(12)9-6-8(11)5-4-7(9)2;1-5-2-3-6(9)4-7(5)8(10)11/h7-9H,3-6H2,1-2H3;5-7H,2-4H2,1H3,(H,10,11)/t7-,8-,9-;5-,6-,7-/m11/s1. The van der Waals surface area contributed by atoms with Crippen molar-refractivity contribution >= 4 is 57.1 Å². The summed E-state index contributed by atoms with van der Waals surface area (Å²) in [4.78, 5) is 22.2. The third kappa shape index (κ3) is 7.33. The molecule has 2 rings (SSSR count). The quantitative estimate of drug-likeness (QED) is 0.295. The van der Waals surface area contributed by atoms with Crippen LogP contribution in [-0.4, -0.2) is 31.5 Å². The van der Waals surface area contributed by atoms with E-state index in [9.17, 15) is 9.59 Å². The van der Waals surface area contributed by atoms with Gasteiger partial charge in [-0.3, -0.25) is 9.59 Å². The van der Waals surface area contributed by atoms with Gasteiger partial charge in [-0.1, -0.05) is 59.0 Å². The lowest BCUT2D eigenvalue weighted by Gasteiger charge is -2.29. The molecule has 1 N–H and O–H groups in total. The van der Waals surface area contributed by atoms with Gasteiger partial charge in [0.05, 0.1) is 18.4 Å². The minimum atomic E-state index is -0.612. The lowest BCUT2D eigenvalue weighted by molar-refractivity contribution is -0.150. The molecule has 6 heteroatoms. The first kappa shape index (κ1) is 22.4. The van der Waals surface area contributed by atoms with E-state index in [1.165, 1.54) is 12.8 Å². The third-order valence-electron chi connectivity index (χ3n) is 5.17. The number of hydrogen-bond acceptors (Lipinski definition) is 3. The highest BCUT2D eigenvalue weighted by atomic mass is 127. The molecule has 2 saturated carbocycles. The molecule has 0 aromatic heterocycles. The highest BCUT2D eigenvalue weighted by Gasteiger charge is 2.32. The van der Waals surface area contributed by atoms with E-state index in [0.717, 1.165) is 25.7 Å². The summed E-state index contributed by atoms with van der Waals surface area (Å²) in [5.41, 5.74) is 0. The van der Waals surface area contributed by atoms with Gasteiger partial charge in [0, 0.05) is 7.85 Å². The smallest absolute Gasteiger partial charge is 0.309 e. The molecule has 0 amide bonds. The van der Waals surface area contributed by atoms with Crippen molar-refractivity contribution in [2.45, 2.75) is 67.1 Å². The number of ether oxygens (including phenoxy) is 1. The number of hydrogen-bond donors (Lipinski definition) is 1. The molecular formula is C18H30I2O4. The predicted octanol–water partition coefficient (Wildman–Crippen LogP) is 5.10. The van der Waals surface area contributed by atoms with Gasteiger partial charge in [-0.15, -0.1) is 0 Å². The van der Waals surface area contributed by atoms with Crippen LogP contribution in [0.1, 0.15) is 59.3 Å². The first-order chi connectivity index (χ1) is 11.3. The van der Waals surface area contributed by atoms with Gasteiger partial charge in [0.15, 0.2) is 0 Å². The molecule has 140 valence electrons. The van der Waals surface area contributed by atoms with Crippen molar-refractivity contribution < 1.29 is 19.4 Å². The molecule has 0 radical (unpaired) electrons. The van der Waals surface area contributed by atoms with Crippen LogP contribution in [0, 0.1) is 23.7 Å². The zero-order valence-electron chi connectivity index (χ0n) is 14.8. The van der Waals surface area contributed by atoms with Crippen LogP contribution in [-0.2, 0) is 14.3 Å². The van der Waals surface area contributed by atoms with E-state index in [0.29, 0.717) is 26.3 Å². The van der Waals surface area contributed by atoms with Crippen LogP contribution in [0.3, 0.4) is 0 Å². The summed E-state index contributed by atoms with van der Waals surface area (Å²) in [7, 11) is 0. The van der Waals surface area contributed by atoms with E-state index in [1.54, 1.807) is 0 Å². The minimum Gasteiger partial charge on any atom is -0.481 e. The molecule has 2 aliphatic carbocycles. The molecule has 0 unspecified atom stereocenters. The third-order valence-corrected chi connectivity index (χ3v) is 7.43. The van der Waals surface area contributed by atoms with Crippen molar-refractivity contribution in [2.75, 3.05) is 6.61 Å². The van der Waals surface area contributed by atoms with E-state index in [2.05, 4.69) is 52.1 Å². The maximum absolute atomic E-state index is 11.5. The number of esters is 1. The molecule has 24 heavy (non-hydrogen) atoms. The maximum atomic E-state index is 11.5. The number of aliphatic carboxylic acids is 1. The van der Waals surface area contributed by atoms with E-state index in [1.807, 2.05) is 13.8 Å². The fraction of sp³-hybridized carbons (Fsp3) is 0.889. The first-order valence-electron chi connectivity index (χ1n) is 8.93. The number of halogens is 2. The first-order valence-corrected chi connectivity index (χ1v) is 11.4. The van der Waals surface area contributed by atoms with Gasteiger partial charge in [-0.2, -0.15) is 0 Å². The van der Waals surface area contributed by atoms with Gasteiger partial charge in [-0.25, -0.2) is 0 Å². The second-order valence-corrected chi connectivity index (χ2v) is 10.6. The number of carbonyl (C=O) groups is 2. The Morgan fingerprint density at radius 3 is 1.83 bits per heavy atom. The van der Waals surface area contributed by atoms with E-state index >= 15 is 0 Å². The SMILES string of the molecule is CCOC(=O)[C@@H]1C[C@H](I)CC[C@H]1C.C[C@@H]1CC[C@@H](I)C[C@H]1C(=O)O. The zero-order valence-corrected chi connectivity index (χ0v) is 19.2. The largest absolute Gasteiger partial charge is 0.481 e. The zero-order chi connectivity index (χ0) is 18.3. The highest BCUT2D eigenvalue weighted by Crippen LogP contribution is 2.35. The Labute approximate surface area is 173 Å². The van der Waals surface area contributed by atoms with Crippen LogP contribution in [0.5, 0.6) is 0 Å². The average molecular weight is 564 g/mol. The maximum Gasteiger partial charge on any atom is 0.309 e. The molecule has 0 aromatic rings. The molecule has 0 heterocycles. The Morgan fingerprint density at radius 2 is 1.42 bits per heavy atom. The fourth-order valence-electron chi connectivity index (χ4n) is 3.46. The van der Waals surface area contributed by atoms with Crippen LogP contribution in [0.25, 0.3) is 0 Å². The van der Waals surface area contributed by atoms with Gasteiger partial charge in [0.1, 0.15) is 0 Å². The molecule has 4 nitrogen and oxygen atoms in total. The number of rotatable bonds is 3. The Kier molecular flexibility index (Phi) is 10.5. The van der Waals surface area contributed by atoms with E-state index in [-0.39, 0.29) is 17.8 Å². The van der Waals surface area contributed by atoms with Gasteiger partial charge < -0.3 is 9.84 Å². The number of carboxylic acids is 1. The summed E-state index contributed by atoms with van der Waals surface area (Å²) in [6.45, 7) is 6.58. The predicted molar refractivity (Wildman–Crippen MR) is 113 cm³/mol. The van der Waals surface area contributed by atoms with Crippen LogP contribution in [0.2, 0.25) is 0 Å². The van der Waals surface area contributed by atoms with Gasteiger partial charge >= 0.3 is 11.9 Å². The molecule has 0 saturated heterocycles.